The molecule has 0 aromatic heterocycles. The minimum atomic E-state index is 0. The molecular formula is C14H27ClN2O. The molecule has 2 aliphatic rings. The zero-order valence-corrected chi connectivity index (χ0v) is 12.3. The van der Waals surface area contributed by atoms with Crippen molar-refractivity contribution >= 4 is 18.3 Å². The highest BCUT2D eigenvalue weighted by Gasteiger charge is 2.28. The van der Waals surface area contributed by atoms with Crippen LogP contribution in [0.25, 0.3) is 0 Å². The van der Waals surface area contributed by atoms with Crippen molar-refractivity contribution in [2.75, 3.05) is 26.2 Å². The SMILES string of the molecule is CCC1CCC(C(=O)N2CCCNCC2)CC1.Cl. The maximum absolute atomic E-state index is 12.4. The van der Waals surface area contributed by atoms with Crippen molar-refractivity contribution in [3.63, 3.8) is 0 Å². The van der Waals surface area contributed by atoms with E-state index in [4.69, 9.17) is 0 Å². The minimum Gasteiger partial charge on any atom is -0.341 e. The van der Waals surface area contributed by atoms with Crippen LogP contribution in [0.4, 0.5) is 0 Å². The molecule has 1 saturated carbocycles. The predicted octanol–water partition coefficient (Wildman–Crippen LogP) is 2.45. The average molecular weight is 275 g/mol. The van der Waals surface area contributed by atoms with Crippen molar-refractivity contribution < 1.29 is 4.79 Å². The van der Waals surface area contributed by atoms with Crippen molar-refractivity contribution in [1.82, 2.24) is 10.2 Å². The molecule has 0 radical (unpaired) electrons. The van der Waals surface area contributed by atoms with E-state index in [0.717, 1.165) is 51.4 Å². The van der Waals surface area contributed by atoms with Gasteiger partial charge in [-0.25, -0.2) is 0 Å². The lowest BCUT2D eigenvalue weighted by Crippen LogP contribution is -2.39. The maximum atomic E-state index is 12.4. The quantitative estimate of drug-likeness (QED) is 0.839. The molecule has 0 bridgehead atoms. The number of rotatable bonds is 2. The van der Waals surface area contributed by atoms with Crippen LogP contribution in [0, 0.1) is 11.8 Å². The van der Waals surface area contributed by atoms with E-state index in [0.29, 0.717) is 11.8 Å². The Balaban J connectivity index is 0.00000162. The van der Waals surface area contributed by atoms with Crippen LogP contribution < -0.4 is 5.32 Å². The minimum absolute atomic E-state index is 0. The van der Waals surface area contributed by atoms with Gasteiger partial charge in [-0.1, -0.05) is 13.3 Å². The summed E-state index contributed by atoms with van der Waals surface area (Å²) in [4.78, 5) is 14.5. The average Bonchev–Trinajstić information content (AvgIpc) is 2.67. The number of carbonyl (C=O) groups is 1. The molecule has 0 atom stereocenters. The molecule has 1 heterocycles. The molecule has 106 valence electrons. The van der Waals surface area contributed by atoms with Crippen molar-refractivity contribution in [3.8, 4) is 0 Å². The summed E-state index contributed by atoms with van der Waals surface area (Å²) >= 11 is 0. The standard InChI is InChI=1S/C14H26N2O.ClH/c1-2-12-4-6-13(7-5-12)14(17)16-10-3-8-15-9-11-16;/h12-13,15H,2-11H2,1H3;1H. The smallest absolute Gasteiger partial charge is 0.225 e. The summed E-state index contributed by atoms with van der Waals surface area (Å²) in [5.74, 6) is 1.64. The van der Waals surface area contributed by atoms with Crippen LogP contribution in [0.2, 0.25) is 0 Å². The Labute approximate surface area is 117 Å². The van der Waals surface area contributed by atoms with Gasteiger partial charge in [-0.2, -0.15) is 0 Å². The number of hydrogen-bond acceptors (Lipinski definition) is 2. The number of hydrogen-bond donors (Lipinski definition) is 1. The van der Waals surface area contributed by atoms with E-state index in [2.05, 4.69) is 17.1 Å². The van der Waals surface area contributed by atoms with Crippen LogP contribution >= 0.6 is 12.4 Å². The molecule has 4 heteroatoms. The highest BCUT2D eigenvalue weighted by molar-refractivity contribution is 5.85. The zero-order chi connectivity index (χ0) is 12.1. The number of amides is 1. The Kier molecular flexibility index (Phi) is 7.02. The molecule has 1 aliphatic carbocycles. The highest BCUT2D eigenvalue weighted by Crippen LogP contribution is 2.31. The molecule has 1 N–H and O–H groups in total. The summed E-state index contributed by atoms with van der Waals surface area (Å²) in [6.07, 6.45) is 7.17. The molecule has 0 aromatic carbocycles. The first-order valence-electron chi connectivity index (χ1n) is 7.30. The topological polar surface area (TPSA) is 32.3 Å². The summed E-state index contributed by atoms with van der Waals surface area (Å²) < 4.78 is 0. The molecule has 1 aliphatic heterocycles. The maximum Gasteiger partial charge on any atom is 0.225 e. The number of nitrogens with one attached hydrogen (secondary N) is 1. The summed E-state index contributed by atoms with van der Waals surface area (Å²) in [6.45, 7) is 6.17. The van der Waals surface area contributed by atoms with Crippen LogP contribution in [-0.4, -0.2) is 37.0 Å². The van der Waals surface area contributed by atoms with E-state index >= 15 is 0 Å². The lowest BCUT2D eigenvalue weighted by atomic mass is 9.80. The second-order valence-corrected chi connectivity index (χ2v) is 5.55. The third-order valence-corrected chi connectivity index (χ3v) is 4.43. The van der Waals surface area contributed by atoms with Gasteiger partial charge in [0.1, 0.15) is 0 Å². The fourth-order valence-electron chi connectivity index (χ4n) is 3.14. The highest BCUT2D eigenvalue weighted by atomic mass is 35.5. The van der Waals surface area contributed by atoms with E-state index in [-0.39, 0.29) is 12.4 Å². The van der Waals surface area contributed by atoms with Gasteiger partial charge in [-0.05, 0) is 44.6 Å². The lowest BCUT2D eigenvalue weighted by molar-refractivity contribution is -0.136. The van der Waals surface area contributed by atoms with E-state index < -0.39 is 0 Å². The van der Waals surface area contributed by atoms with Gasteiger partial charge in [0.2, 0.25) is 5.91 Å². The van der Waals surface area contributed by atoms with E-state index in [1.165, 1.54) is 19.3 Å². The molecule has 0 spiro atoms. The third kappa shape index (κ3) is 4.13. The first kappa shape index (κ1) is 15.8. The second-order valence-electron chi connectivity index (χ2n) is 5.55. The molecule has 2 fully saturated rings. The van der Waals surface area contributed by atoms with Crippen LogP contribution in [-0.2, 0) is 4.79 Å². The Hall–Kier alpha value is -0.280. The molecule has 0 unspecified atom stereocenters. The largest absolute Gasteiger partial charge is 0.341 e. The lowest BCUT2D eigenvalue weighted by Gasteiger charge is -2.31. The van der Waals surface area contributed by atoms with Crippen LogP contribution in [0.1, 0.15) is 45.4 Å². The normalized spacial score (nSPS) is 29.3. The molecular weight excluding hydrogens is 248 g/mol. The summed E-state index contributed by atoms with van der Waals surface area (Å²) in [5, 5.41) is 3.36. The van der Waals surface area contributed by atoms with Crippen molar-refractivity contribution in [3.05, 3.63) is 0 Å². The van der Waals surface area contributed by atoms with Gasteiger partial charge in [0.05, 0.1) is 0 Å². The molecule has 0 aromatic rings. The zero-order valence-electron chi connectivity index (χ0n) is 11.5. The van der Waals surface area contributed by atoms with Crippen molar-refractivity contribution in [1.29, 1.82) is 0 Å². The number of halogens is 1. The summed E-state index contributed by atoms with van der Waals surface area (Å²) in [5.41, 5.74) is 0. The molecule has 3 nitrogen and oxygen atoms in total. The van der Waals surface area contributed by atoms with E-state index in [9.17, 15) is 4.79 Å². The van der Waals surface area contributed by atoms with Crippen molar-refractivity contribution in [2.45, 2.75) is 45.4 Å². The molecule has 18 heavy (non-hydrogen) atoms. The second kappa shape index (κ2) is 8.00. The van der Waals surface area contributed by atoms with Crippen LogP contribution in [0.3, 0.4) is 0 Å². The van der Waals surface area contributed by atoms with Gasteiger partial charge in [-0.3, -0.25) is 4.79 Å². The van der Waals surface area contributed by atoms with Gasteiger partial charge < -0.3 is 10.2 Å². The Bertz CT molecular complexity index is 244. The van der Waals surface area contributed by atoms with Gasteiger partial charge in [0.15, 0.2) is 0 Å². The fourth-order valence-corrected chi connectivity index (χ4v) is 3.14. The Morgan fingerprint density at radius 3 is 2.56 bits per heavy atom. The fraction of sp³-hybridized carbons (Fsp3) is 0.929. The van der Waals surface area contributed by atoms with Crippen LogP contribution in [0.5, 0.6) is 0 Å². The Morgan fingerprint density at radius 1 is 1.17 bits per heavy atom. The number of carbonyl (C=O) groups excluding carboxylic acids is 1. The molecule has 1 saturated heterocycles. The first-order chi connectivity index (χ1) is 8.31. The van der Waals surface area contributed by atoms with Gasteiger partial charge in [0.25, 0.3) is 0 Å². The van der Waals surface area contributed by atoms with Gasteiger partial charge >= 0.3 is 0 Å². The first-order valence-corrected chi connectivity index (χ1v) is 7.30. The number of nitrogens with zero attached hydrogens (tertiary/aromatic N) is 1. The van der Waals surface area contributed by atoms with Gasteiger partial charge in [-0.15, -0.1) is 12.4 Å². The van der Waals surface area contributed by atoms with E-state index in [1.54, 1.807) is 0 Å². The molecule has 1 amide bonds. The summed E-state index contributed by atoms with van der Waals surface area (Å²) in [7, 11) is 0. The Morgan fingerprint density at radius 2 is 1.89 bits per heavy atom. The molecule has 2 rings (SSSR count). The monoisotopic (exact) mass is 274 g/mol. The van der Waals surface area contributed by atoms with Crippen LogP contribution in [0.15, 0.2) is 0 Å². The van der Waals surface area contributed by atoms with Gasteiger partial charge in [0, 0.05) is 25.6 Å². The predicted molar refractivity (Wildman–Crippen MR) is 77.1 cm³/mol. The van der Waals surface area contributed by atoms with E-state index in [1.807, 2.05) is 0 Å². The van der Waals surface area contributed by atoms with Crippen molar-refractivity contribution in [2.24, 2.45) is 11.8 Å². The summed E-state index contributed by atoms with van der Waals surface area (Å²) in [6, 6.07) is 0. The third-order valence-electron chi connectivity index (χ3n) is 4.43.